The number of aldehydes is 1. The minimum atomic E-state index is 0.00913. The molecule has 0 radical (unpaired) electrons. The van der Waals surface area contributed by atoms with Crippen LogP contribution in [0, 0.1) is 5.41 Å². The second-order valence-corrected chi connectivity index (χ2v) is 5.82. The molecule has 2 heteroatoms. The molecule has 1 saturated carbocycles. The van der Waals surface area contributed by atoms with Crippen LogP contribution >= 0.6 is 0 Å². The van der Waals surface area contributed by atoms with Crippen molar-refractivity contribution in [1.29, 1.82) is 0 Å². The van der Waals surface area contributed by atoms with Gasteiger partial charge in [0.1, 0.15) is 6.29 Å². The van der Waals surface area contributed by atoms with Crippen LogP contribution < -0.4 is 0 Å². The molecular weight excluding hydrogens is 222 g/mol. The lowest BCUT2D eigenvalue weighted by Gasteiger charge is -2.39. The Morgan fingerprint density at radius 1 is 1.22 bits per heavy atom. The number of hydrogen-bond acceptors (Lipinski definition) is 2. The average molecular weight is 243 g/mol. The highest BCUT2D eigenvalue weighted by atomic mass is 16.1. The van der Waals surface area contributed by atoms with Gasteiger partial charge in [0.05, 0.1) is 0 Å². The monoisotopic (exact) mass is 243 g/mol. The van der Waals surface area contributed by atoms with Crippen molar-refractivity contribution in [2.45, 2.75) is 44.7 Å². The second-order valence-electron chi connectivity index (χ2n) is 5.82. The maximum Gasteiger partial charge on any atom is 0.127 e. The molecule has 18 heavy (non-hydrogen) atoms. The zero-order valence-corrected chi connectivity index (χ0v) is 10.8. The molecule has 0 N–H and O–H groups in total. The van der Waals surface area contributed by atoms with E-state index in [1.54, 1.807) is 0 Å². The number of nitrogens with zero attached hydrogens (tertiary/aromatic N) is 1. The summed E-state index contributed by atoms with van der Waals surface area (Å²) < 4.78 is 0. The molecule has 1 saturated heterocycles. The third kappa shape index (κ3) is 2.22. The smallest absolute Gasteiger partial charge is 0.127 e. The highest BCUT2D eigenvalue weighted by molar-refractivity contribution is 5.65. The van der Waals surface area contributed by atoms with E-state index >= 15 is 0 Å². The lowest BCUT2D eigenvalue weighted by atomic mass is 9.88. The van der Waals surface area contributed by atoms with Gasteiger partial charge in [-0.15, -0.1) is 0 Å². The van der Waals surface area contributed by atoms with Crippen molar-refractivity contribution >= 4 is 6.29 Å². The van der Waals surface area contributed by atoms with Crippen LogP contribution in [0.3, 0.4) is 0 Å². The molecule has 1 atom stereocenters. The van der Waals surface area contributed by atoms with Crippen LogP contribution in [0.1, 0.15) is 37.7 Å². The summed E-state index contributed by atoms with van der Waals surface area (Å²) in [5.41, 5.74) is 1.38. The van der Waals surface area contributed by atoms with Gasteiger partial charge in [-0.05, 0) is 37.8 Å². The van der Waals surface area contributed by atoms with E-state index in [2.05, 4.69) is 35.2 Å². The van der Waals surface area contributed by atoms with Gasteiger partial charge in [0.15, 0.2) is 0 Å². The van der Waals surface area contributed by atoms with Gasteiger partial charge < -0.3 is 4.79 Å². The summed E-state index contributed by atoms with van der Waals surface area (Å²) in [5.74, 6) is 0. The molecule has 2 fully saturated rings. The molecular formula is C16H21NO. The van der Waals surface area contributed by atoms with Crippen molar-refractivity contribution < 1.29 is 4.79 Å². The van der Waals surface area contributed by atoms with E-state index in [1.165, 1.54) is 31.1 Å². The average Bonchev–Trinajstić information content (AvgIpc) is 3.22. The van der Waals surface area contributed by atoms with Crippen molar-refractivity contribution in [2.24, 2.45) is 5.41 Å². The van der Waals surface area contributed by atoms with Crippen molar-refractivity contribution in [3.8, 4) is 0 Å². The second kappa shape index (κ2) is 4.85. The Morgan fingerprint density at radius 2 is 2.00 bits per heavy atom. The number of benzene rings is 1. The van der Waals surface area contributed by atoms with Gasteiger partial charge in [-0.3, -0.25) is 4.90 Å². The van der Waals surface area contributed by atoms with Gasteiger partial charge in [-0.2, -0.15) is 0 Å². The van der Waals surface area contributed by atoms with Crippen molar-refractivity contribution in [2.75, 3.05) is 6.54 Å². The Labute approximate surface area is 109 Å². The van der Waals surface area contributed by atoms with Gasteiger partial charge in [-0.25, -0.2) is 0 Å². The normalized spacial score (nSPS) is 26.8. The van der Waals surface area contributed by atoms with E-state index in [-0.39, 0.29) is 5.41 Å². The first kappa shape index (κ1) is 11.9. The largest absolute Gasteiger partial charge is 0.303 e. The molecule has 1 aromatic rings. The first-order valence-electron chi connectivity index (χ1n) is 7.08. The molecule has 1 heterocycles. The fourth-order valence-corrected chi connectivity index (χ4v) is 3.32. The standard InChI is InChI=1S/C16H21NO/c18-13-16(9-10-16)15-8-4-5-11-17(15)12-14-6-2-1-3-7-14/h1-3,6-7,13,15H,4-5,8-12H2. The van der Waals surface area contributed by atoms with E-state index in [9.17, 15) is 4.79 Å². The highest BCUT2D eigenvalue weighted by Gasteiger charge is 2.51. The first-order chi connectivity index (χ1) is 8.84. The van der Waals surface area contributed by atoms with E-state index in [4.69, 9.17) is 0 Å². The number of carbonyl (C=O) groups excluding carboxylic acids is 1. The Hall–Kier alpha value is -1.15. The molecule has 1 aromatic carbocycles. The van der Waals surface area contributed by atoms with Gasteiger partial charge in [0.25, 0.3) is 0 Å². The van der Waals surface area contributed by atoms with E-state index in [1.807, 2.05) is 0 Å². The fraction of sp³-hybridized carbons (Fsp3) is 0.562. The maximum absolute atomic E-state index is 11.4. The summed E-state index contributed by atoms with van der Waals surface area (Å²) in [4.78, 5) is 13.9. The van der Waals surface area contributed by atoms with Gasteiger partial charge in [-0.1, -0.05) is 36.8 Å². The zero-order chi connectivity index (χ0) is 12.4. The summed E-state index contributed by atoms with van der Waals surface area (Å²) in [5, 5.41) is 0. The molecule has 2 nitrogen and oxygen atoms in total. The molecule has 0 amide bonds. The van der Waals surface area contributed by atoms with Gasteiger partial charge >= 0.3 is 0 Å². The maximum atomic E-state index is 11.4. The van der Waals surface area contributed by atoms with Gasteiger partial charge in [0.2, 0.25) is 0 Å². The third-order valence-corrected chi connectivity index (χ3v) is 4.57. The predicted octanol–water partition coefficient (Wildman–Crippen LogP) is 3.02. The van der Waals surface area contributed by atoms with Crippen LogP contribution in [0.5, 0.6) is 0 Å². The lowest BCUT2D eigenvalue weighted by molar-refractivity contribution is -0.115. The quantitative estimate of drug-likeness (QED) is 0.758. The Kier molecular flexibility index (Phi) is 3.21. The molecule has 3 rings (SSSR count). The molecule has 2 aliphatic rings. The van der Waals surface area contributed by atoms with Crippen LogP contribution in [0.15, 0.2) is 30.3 Å². The molecule has 0 spiro atoms. The van der Waals surface area contributed by atoms with Gasteiger partial charge in [0, 0.05) is 18.0 Å². The Morgan fingerprint density at radius 3 is 2.67 bits per heavy atom. The zero-order valence-electron chi connectivity index (χ0n) is 10.8. The number of rotatable bonds is 4. The van der Waals surface area contributed by atoms with E-state index in [0.717, 1.165) is 25.9 Å². The molecule has 1 aliphatic heterocycles. The topological polar surface area (TPSA) is 20.3 Å². The number of piperidine rings is 1. The molecule has 1 unspecified atom stereocenters. The summed E-state index contributed by atoms with van der Waals surface area (Å²) in [6, 6.07) is 11.1. The molecule has 96 valence electrons. The van der Waals surface area contributed by atoms with Crippen LogP contribution in [0.25, 0.3) is 0 Å². The summed E-state index contributed by atoms with van der Waals surface area (Å²) in [6.45, 7) is 2.15. The number of carbonyl (C=O) groups is 1. The minimum Gasteiger partial charge on any atom is -0.303 e. The highest BCUT2D eigenvalue weighted by Crippen LogP contribution is 2.51. The van der Waals surface area contributed by atoms with Crippen LogP contribution in [0.4, 0.5) is 0 Å². The number of likely N-dealkylation sites (tertiary alicyclic amines) is 1. The van der Waals surface area contributed by atoms with E-state index in [0.29, 0.717) is 6.04 Å². The fourth-order valence-electron chi connectivity index (χ4n) is 3.32. The van der Waals surface area contributed by atoms with E-state index < -0.39 is 0 Å². The lowest BCUT2D eigenvalue weighted by Crippen LogP contribution is -2.45. The van der Waals surface area contributed by atoms with Crippen molar-refractivity contribution in [3.05, 3.63) is 35.9 Å². The molecule has 0 aromatic heterocycles. The molecule has 0 bridgehead atoms. The Bertz CT molecular complexity index is 410. The molecule has 1 aliphatic carbocycles. The van der Waals surface area contributed by atoms with Crippen molar-refractivity contribution in [1.82, 2.24) is 4.90 Å². The minimum absolute atomic E-state index is 0.00913. The summed E-state index contributed by atoms with van der Waals surface area (Å²) in [7, 11) is 0. The number of hydrogen-bond donors (Lipinski definition) is 0. The Balaban J connectivity index is 1.74. The third-order valence-electron chi connectivity index (χ3n) is 4.57. The van der Waals surface area contributed by atoms with Crippen LogP contribution in [-0.2, 0) is 11.3 Å². The van der Waals surface area contributed by atoms with Crippen LogP contribution in [0.2, 0.25) is 0 Å². The SMILES string of the molecule is O=CC1(C2CCCCN2Cc2ccccc2)CC1. The first-order valence-corrected chi connectivity index (χ1v) is 7.08. The summed E-state index contributed by atoms with van der Waals surface area (Å²) in [6.07, 6.45) is 7.20. The van der Waals surface area contributed by atoms with Crippen molar-refractivity contribution in [3.63, 3.8) is 0 Å². The predicted molar refractivity (Wildman–Crippen MR) is 72.2 cm³/mol. The van der Waals surface area contributed by atoms with Crippen LogP contribution in [-0.4, -0.2) is 23.8 Å². The summed E-state index contributed by atoms with van der Waals surface area (Å²) >= 11 is 0.